The van der Waals surface area contributed by atoms with E-state index in [-0.39, 0.29) is 22.8 Å². The summed E-state index contributed by atoms with van der Waals surface area (Å²) in [6.07, 6.45) is 2.94. The van der Waals surface area contributed by atoms with E-state index >= 15 is 0 Å². The maximum Gasteiger partial charge on any atom is 0.218 e. The Labute approximate surface area is 95.6 Å². The Bertz CT molecular complexity index is 342. The monoisotopic (exact) mass is 251 g/mol. The zero-order valence-electron chi connectivity index (χ0n) is 7.85. The predicted molar refractivity (Wildman–Crippen MR) is 56.9 cm³/mol. The molecule has 1 aromatic rings. The van der Waals surface area contributed by atoms with Crippen LogP contribution in [0.5, 0.6) is 0 Å². The second-order valence-corrected chi connectivity index (χ2v) is 4.72. The van der Waals surface area contributed by atoms with Crippen molar-refractivity contribution in [1.29, 1.82) is 0 Å². The van der Waals surface area contributed by atoms with Gasteiger partial charge in [0, 0.05) is 6.54 Å². The molecule has 0 aliphatic carbocycles. The average molecular weight is 252 g/mol. The minimum Gasteiger partial charge on any atom is -0.315 e. The molecule has 15 heavy (non-hydrogen) atoms. The van der Waals surface area contributed by atoms with E-state index in [9.17, 15) is 8.60 Å². The van der Waals surface area contributed by atoms with Crippen molar-refractivity contribution in [1.82, 2.24) is 15.3 Å². The van der Waals surface area contributed by atoms with Gasteiger partial charge in [-0.15, -0.1) is 12.4 Å². The molecule has 1 aliphatic heterocycles. The van der Waals surface area contributed by atoms with Crippen LogP contribution in [-0.4, -0.2) is 32.5 Å². The van der Waals surface area contributed by atoms with Gasteiger partial charge in [0.25, 0.3) is 0 Å². The third-order valence-corrected chi connectivity index (χ3v) is 3.67. The molecule has 7 heteroatoms. The number of nitrogens with one attached hydrogen (secondary N) is 1. The van der Waals surface area contributed by atoms with Crippen LogP contribution in [0.15, 0.2) is 17.6 Å². The van der Waals surface area contributed by atoms with Crippen molar-refractivity contribution in [3.05, 3.63) is 18.2 Å². The molecule has 4 nitrogen and oxygen atoms in total. The molecular weight excluding hydrogens is 241 g/mol. The molecule has 1 aliphatic rings. The summed E-state index contributed by atoms with van der Waals surface area (Å²) in [4.78, 5) is 7.42. The Morgan fingerprint density at radius 3 is 2.67 bits per heavy atom. The van der Waals surface area contributed by atoms with Crippen LogP contribution in [0.2, 0.25) is 0 Å². The third-order valence-electron chi connectivity index (χ3n) is 2.09. The smallest absolute Gasteiger partial charge is 0.218 e. The zero-order valence-corrected chi connectivity index (χ0v) is 9.48. The lowest BCUT2D eigenvalue weighted by Gasteiger charge is -2.05. The highest BCUT2D eigenvalue weighted by atomic mass is 35.5. The van der Waals surface area contributed by atoms with Crippen LogP contribution in [0.4, 0.5) is 4.39 Å². The molecule has 0 aromatic carbocycles. The Morgan fingerprint density at radius 2 is 2.13 bits per heavy atom. The Hall–Kier alpha value is -0.590. The highest BCUT2D eigenvalue weighted by molar-refractivity contribution is 7.85. The molecule has 2 atom stereocenters. The maximum absolute atomic E-state index is 12.5. The SMILES string of the molecule is Cl.O=S(c1ncc(F)cn1)C1CCNC1. The lowest BCUT2D eigenvalue weighted by atomic mass is 10.4. The highest BCUT2D eigenvalue weighted by Gasteiger charge is 2.23. The topological polar surface area (TPSA) is 54.9 Å². The van der Waals surface area contributed by atoms with Gasteiger partial charge in [-0.2, -0.15) is 0 Å². The van der Waals surface area contributed by atoms with E-state index in [4.69, 9.17) is 0 Å². The van der Waals surface area contributed by atoms with Crippen LogP contribution in [0.25, 0.3) is 0 Å². The summed E-state index contributed by atoms with van der Waals surface area (Å²) in [7, 11) is -1.22. The highest BCUT2D eigenvalue weighted by Crippen LogP contribution is 2.11. The summed E-state index contributed by atoms with van der Waals surface area (Å²) in [5.74, 6) is -0.504. The van der Waals surface area contributed by atoms with Crippen molar-refractivity contribution in [3.63, 3.8) is 0 Å². The van der Waals surface area contributed by atoms with Crippen LogP contribution in [-0.2, 0) is 10.8 Å². The third kappa shape index (κ3) is 2.93. The van der Waals surface area contributed by atoms with Crippen LogP contribution in [0.1, 0.15) is 6.42 Å². The summed E-state index contributed by atoms with van der Waals surface area (Å²) in [6, 6.07) is 0. The number of hydrogen-bond acceptors (Lipinski definition) is 4. The van der Waals surface area contributed by atoms with Gasteiger partial charge in [-0.1, -0.05) is 0 Å². The van der Waals surface area contributed by atoms with Crippen LogP contribution in [0.3, 0.4) is 0 Å². The van der Waals surface area contributed by atoms with E-state index in [1.54, 1.807) is 0 Å². The molecular formula is C8H11ClFN3OS. The zero-order chi connectivity index (χ0) is 9.97. The molecule has 0 amide bonds. The first-order chi connectivity index (χ1) is 6.77. The van der Waals surface area contributed by atoms with Gasteiger partial charge in [0.1, 0.15) is 0 Å². The molecule has 1 aromatic heterocycles. The van der Waals surface area contributed by atoms with E-state index in [0.717, 1.165) is 25.4 Å². The fourth-order valence-electron chi connectivity index (χ4n) is 1.36. The van der Waals surface area contributed by atoms with E-state index < -0.39 is 16.6 Å². The van der Waals surface area contributed by atoms with Gasteiger partial charge in [0.15, 0.2) is 5.82 Å². The van der Waals surface area contributed by atoms with Gasteiger partial charge in [-0.25, -0.2) is 14.4 Å². The quantitative estimate of drug-likeness (QED) is 0.778. The Balaban J connectivity index is 0.00000112. The van der Waals surface area contributed by atoms with Crippen molar-refractivity contribution < 1.29 is 8.60 Å². The van der Waals surface area contributed by atoms with E-state index in [1.165, 1.54) is 0 Å². The summed E-state index contributed by atoms with van der Waals surface area (Å²) in [5, 5.41) is 3.39. The molecule has 1 fully saturated rings. The van der Waals surface area contributed by atoms with Crippen molar-refractivity contribution in [2.75, 3.05) is 13.1 Å². The van der Waals surface area contributed by atoms with E-state index in [1.807, 2.05) is 0 Å². The molecule has 84 valence electrons. The molecule has 2 heterocycles. The van der Waals surface area contributed by atoms with Crippen LogP contribution in [0, 0.1) is 5.82 Å². The lowest BCUT2D eigenvalue weighted by Crippen LogP contribution is -2.20. The van der Waals surface area contributed by atoms with Gasteiger partial charge < -0.3 is 5.32 Å². The number of hydrogen-bond donors (Lipinski definition) is 1. The summed E-state index contributed by atoms with van der Waals surface area (Å²) >= 11 is 0. The summed E-state index contributed by atoms with van der Waals surface area (Å²) < 4.78 is 24.3. The van der Waals surface area contributed by atoms with Crippen LogP contribution < -0.4 is 5.32 Å². The van der Waals surface area contributed by atoms with Gasteiger partial charge >= 0.3 is 0 Å². The largest absolute Gasteiger partial charge is 0.315 e. The van der Waals surface area contributed by atoms with Gasteiger partial charge in [0.2, 0.25) is 5.16 Å². The van der Waals surface area contributed by atoms with Crippen LogP contribution >= 0.6 is 12.4 Å². The van der Waals surface area contributed by atoms with Crippen molar-refractivity contribution in [2.24, 2.45) is 0 Å². The van der Waals surface area contributed by atoms with Crippen molar-refractivity contribution in [2.45, 2.75) is 16.8 Å². The normalized spacial score (nSPS) is 22.1. The molecule has 2 rings (SSSR count). The number of halogens is 2. The maximum atomic E-state index is 12.5. The van der Waals surface area contributed by atoms with Gasteiger partial charge in [-0.3, -0.25) is 4.21 Å². The summed E-state index contributed by atoms with van der Waals surface area (Å²) in [5.41, 5.74) is 0. The second kappa shape index (κ2) is 5.48. The molecule has 1 saturated heterocycles. The van der Waals surface area contributed by atoms with Gasteiger partial charge in [0.05, 0.1) is 28.4 Å². The first kappa shape index (κ1) is 12.5. The minimum absolute atomic E-state index is 0. The molecule has 0 bridgehead atoms. The average Bonchev–Trinajstić information content (AvgIpc) is 2.71. The predicted octanol–water partition coefficient (Wildman–Crippen LogP) is 0.507. The Morgan fingerprint density at radius 1 is 1.47 bits per heavy atom. The first-order valence-corrected chi connectivity index (χ1v) is 5.57. The minimum atomic E-state index is -1.22. The number of rotatable bonds is 2. The molecule has 2 unspecified atom stereocenters. The van der Waals surface area contributed by atoms with Crippen molar-refractivity contribution >= 4 is 23.2 Å². The Kier molecular flexibility index (Phi) is 4.56. The van der Waals surface area contributed by atoms with Gasteiger partial charge in [-0.05, 0) is 13.0 Å². The fraction of sp³-hybridized carbons (Fsp3) is 0.500. The fourth-order valence-corrected chi connectivity index (χ4v) is 2.58. The van der Waals surface area contributed by atoms with E-state index in [0.29, 0.717) is 6.54 Å². The lowest BCUT2D eigenvalue weighted by molar-refractivity contribution is 0.601. The molecule has 0 spiro atoms. The van der Waals surface area contributed by atoms with E-state index in [2.05, 4.69) is 15.3 Å². The molecule has 0 saturated carbocycles. The molecule has 1 N–H and O–H groups in total. The van der Waals surface area contributed by atoms with Crippen molar-refractivity contribution in [3.8, 4) is 0 Å². The number of nitrogens with zero attached hydrogens (tertiary/aromatic N) is 2. The first-order valence-electron chi connectivity index (χ1n) is 4.36. The number of aromatic nitrogens is 2. The standard InChI is InChI=1S/C8H10FN3OS.ClH/c9-6-3-11-8(12-4-6)14(13)7-1-2-10-5-7;/h3-4,7,10H,1-2,5H2;1H. The molecule has 0 radical (unpaired) electrons. The second-order valence-electron chi connectivity index (χ2n) is 3.10. The summed E-state index contributed by atoms with van der Waals surface area (Å²) in [6.45, 7) is 1.59.